The molecule has 98 valence electrons. The zero-order valence-corrected chi connectivity index (χ0v) is 10.5. The Morgan fingerprint density at radius 3 is 3.00 bits per heavy atom. The molecule has 0 radical (unpaired) electrons. The molecule has 3 nitrogen and oxygen atoms in total. The van der Waals surface area contributed by atoms with Gasteiger partial charge in [-0.3, -0.25) is 4.79 Å². The Morgan fingerprint density at radius 1 is 1.61 bits per heavy atom. The van der Waals surface area contributed by atoms with E-state index in [0.717, 1.165) is 5.56 Å². The summed E-state index contributed by atoms with van der Waals surface area (Å²) in [5, 5.41) is 9.39. The Labute approximate surface area is 106 Å². The SMILES string of the molecule is CC(CC(=O)N1CC[C@H](O)C1)c1cccc(F)c1. The van der Waals surface area contributed by atoms with Gasteiger partial charge in [-0.2, -0.15) is 0 Å². The maximum Gasteiger partial charge on any atom is 0.223 e. The van der Waals surface area contributed by atoms with Crippen molar-refractivity contribution in [2.24, 2.45) is 0 Å². The molecule has 0 saturated carbocycles. The van der Waals surface area contributed by atoms with Crippen molar-refractivity contribution in [2.75, 3.05) is 13.1 Å². The van der Waals surface area contributed by atoms with Gasteiger partial charge in [0.05, 0.1) is 6.10 Å². The Morgan fingerprint density at radius 2 is 2.39 bits per heavy atom. The van der Waals surface area contributed by atoms with Crippen LogP contribution in [0.1, 0.15) is 31.2 Å². The molecule has 1 aliphatic heterocycles. The van der Waals surface area contributed by atoms with Gasteiger partial charge in [-0.1, -0.05) is 19.1 Å². The summed E-state index contributed by atoms with van der Waals surface area (Å²) < 4.78 is 13.1. The molecule has 1 saturated heterocycles. The summed E-state index contributed by atoms with van der Waals surface area (Å²) in [6.45, 7) is 2.96. The van der Waals surface area contributed by atoms with Gasteiger partial charge < -0.3 is 10.0 Å². The number of carbonyl (C=O) groups excluding carboxylic acids is 1. The third-order valence-electron chi connectivity index (χ3n) is 3.41. The highest BCUT2D eigenvalue weighted by molar-refractivity contribution is 5.77. The minimum atomic E-state index is -0.390. The number of aliphatic hydroxyl groups is 1. The van der Waals surface area contributed by atoms with Gasteiger partial charge in [-0.25, -0.2) is 4.39 Å². The van der Waals surface area contributed by atoms with Gasteiger partial charge in [0.15, 0.2) is 0 Å². The molecule has 1 N–H and O–H groups in total. The molecule has 4 heteroatoms. The lowest BCUT2D eigenvalue weighted by Gasteiger charge is -2.18. The van der Waals surface area contributed by atoms with Gasteiger partial charge in [-0.15, -0.1) is 0 Å². The first-order valence-electron chi connectivity index (χ1n) is 6.27. The predicted molar refractivity (Wildman–Crippen MR) is 66.6 cm³/mol. The number of carbonyl (C=O) groups is 1. The molecule has 0 aliphatic carbocycles. The van der Waals surface area contributed by atoms with E-state index in [9.17, 15) is 14.3 Å². The number of halogens is 1. The maximum atomic E-state index is 13.1. The number of hydrogen-bond acceptors (Lipinski definition) is 2. The molecule has 2 atom stereocenters. The van der Waals surface area contributed by atoms with Crippen LogP contribution in [0.4, 0.5) is 4.39 Å². The van der Waals surface area contributed by atoms with E-state index in [0.29, 0.717) is 25.9 Å². The zero-order valence-electron chi connectivity index (χ0n) is 10.5. The van der Waals surface area contributed by atoms with E-state index in [2.05, 4.69) is 0 Å². The van der Waals surface area contributed by atoms with E-state index < -0.39 is 6.10 Å². The molecule has 1 unspecified atom stereocenters. The molecule has 1 aromatic carbocycles. The number of β-amino-alcohol motifs (C(OH)–C–C–N with tert-alkyl or cyclic N) is 1. The molecule has 2 rings (SSSR count). The van der Waals surface area contributed by atoms with Crippen molar-refractivity contribution < 1.29 is 14.3 Å². The molecule has 0 aromatic heterocycles. The molecule has 1 amide bonds. The largest absolute Gasteiger partial charge is 0.391 e. The quantitative estimate of drug-likeness (QED) is 0.891. The van der Waals surface area contributed by atoms with Crippen molar-refractivity contribution in [1.29, 1.82) is 0 Å². The number of aliphatic hydroxyl groups excluding tert-OH is 1. The summed E-state index contributed by atoms with van der Waals surface area (Å²) in [6, 6.07) is 6.36. The number of likely N-dealkylation sites (tertiary alicyclic amines) is 1. The van der Waals surface area contributed by atoms with Crippen LogP contribution in [-0.4, -0.2) is 35.1 Å². The van der Waals surface area contributed by atoms with E-state index in [1.165, 1.54) is 12.1 Å². The normalized spacial score (nSPS) is 21.1. The molecule has 1 heterocycles. The van der Waals surface area contributed by atoms with E-state index in [-0.39, 0.29) is 17.6 Å². The number of nitrogens with zero attached hydrogens (tertiary/aromatic N) is 1. The Kier molecular flexibility index (Phi) is 3.97. The third kappa shape index (κ3) is 3.07. The highest BCUT2D eigenvalue weighted by atomic mass is 19.1. The smallest absolute Gasteiger partial charge is 0.223 e. The van der Waals surface area contributed by atoms with Crippen LogP contribution >= 0.6 is 0 Å². The first-order valence-corrected chi connectivity index (χ1v) is 6.27. The van der Waals surface area contributed by atoms with Crippen molar-refractivity contribution in [3.05, 3.63) is 35.6 Å². The van der Waals surface area contributed by atoms with Gasteiger partial charge in [0.25, 0.3) is 0 Å². The van der Waals surface area contributed by atoms with E-state index in [4.69, 9.17) is 0 Å². The second-order valence-corrected chi connectivity index (χ2v) is 4.94. The van der Waals surface area contributed by atoms with Gasteiger partial charge >= 0.3 is 0 Å². The molecule has 0 bridgehead atoms. The fourth-order valence-electron chi connectivity index (χ4n) is 2.29. The second kappa shape index (κ2) is 5.48. The van der Waals surface area contributed by atoms with E-state index in [1.807, 2.05) is 13.0 Å². The Bertz CT molecular complexity index is 436. The highest BCUT2D eigenvalue weighted by Crippen LogP contribution is 2.22. The van der Waals surface area contributed by atoms with Crippen LogP contribution in [0.3, 0.4) is 0 Å². The zero-order chi connectivity index (χ0) is 13.1. The van der Waals surface area contributed by atoms with E-state index >= 15 is 0 Å². The number of rotatable bonds is 3. The van der Waals surface area contributed by atoms with Crippen LogP contribution in [0.15, 0.2) is 24.3 Å². The average molecular weight is 251 g/mol. The summed E-state index contributed by atoms with van der Waals surface area (Å²) in [5.74, 6) is -0.252. The second-order valence-electron chi connectivity index (χ2n) is 4.94. The fraction of sp³-hybridized carbons (Fsp3) is 0.500. The molecule has 1 aromatic rings. The van der Waals surface area contributed by atoms with Crippen molar-refractivity contribution in [2.45, 2.75) is 31.8 Å². The Balaban J connectivity index is 1.95. The van der Waals surface area contributed by atoms with E-state index in [1.54, 1.807) is 11.0 Å². The lowest BCUT2D eigenvalue weighted by atomic mass is 9.97. The molecule has 18 heavy (non-hydrogen) atoms. The summed E-state index contributed by atoms with van der Waals surface area (Å²) >= 11 is 0. The van der Waals surface area contributed by atoms with Gasteiger partial charge in [-0.05, 0) is 30.0 Å². The fourth-order valence-corrected chi connectivity index (χ4v) is 2.29. The minimum absolute atomic E-state index is 0.00839. The lowest BCUT2D eigenvalue weighted by Crippen LogP contribution is -2.30. The standard InChI is InChI=1S/C14H18FNO2/c1-10(11-3-2-4-12(15)8-11)7-14(18)16-6-5-13(17)9-16/h2-4,8,10,13,17H,5-7,9H2,1H3/t10?,13-/m0/s1. The summed E-state index contributed by atoms with van der Waals surface area (Å²) in [6.07, 6.45) is 0.620. The van der Waals surface area contributed by atoms with Crippen LogP contribution in [-0.2, 0) is 4.79 Å². The summed E-state index contributed by atoms with van der Waals surface area (Å²) in [5.41, 5.74) is 0.836. The number of hydrogen-bond donors (Lipinski definition) is 1. The van der Waals surface area contributed by atoms with Gasteiger partial charge in [0.1, 0.15) is 5.82 Å². The monoisotopic (exact) mass is 251 g/mol. The highest BCUT2D eigenvalue weighted by Gasteiger charge is 2.25. The Hall–Kier alpha value is -1.42. The minimum Gasteiger partial charge on any atom is -0.391 e. The van der Waals surface area contributed by atoms with Gasteiger partial charge in [0, 0.05) is 19.5 Å². The molecule has 1 aliphatic rings. The summed E-state index contributed by atoms with van der Waals surface area (Å²) in [7, 11) is 0. The van der Waals surface area contributed by atoms with Crippen molar-refractivity contribution in [3.8, 4) is 0 Å². The van der Waals surface area contributed by atoms with Gasteiger partial charge in [0.2, 0.25) is 5.91 Å². The van der Waals surface area contributed by atoms with Crippen molar-refractivity contribution in [3.63, 3.8) is 0 Å². The van der Waals surface area contributed by atoms with Crippen LogP contribution in [0.2, 0.25) is 0 Å². The third-order valence-corrected chi connectivity index (χ3v) is 3.41. The van der Waals surface area contributed by atoms with Crippen molar-refractivity contribution in [1.82, 2.24) is 4.90 Å². The molecule has 1 fully saturated rings. The number of benzene rings is 1. The van der Waals surface area contributed by atoms with Crippen LogP contribution in [0.25, 0.3) is 0 Å². The average Bonchev–Trinajstić information content (AvgIpc) is 2.76. The van der Waals surface area contributed by atoms with Crippen LogP contribution in [0, 0.1) is 5.82 Å². The number of amides is 1. The lowest BCUT2D eigenvalue weighted by molar-refractivity contribution is -0.130. The van der Waals surface area contributed by atoms with Crippen LogP contribution in [0.5, 0.6) is 0 Å². The first kappa shape index (κ1) is 13.0. The molecular formula is C14H18FNO2. The molecule has 0 spiro atoms. The predicted octanol–water partition coefficient (Wildman–Crippen LogP) is 1.91. The summed E-state index contributed by atoms with van der Waals surface area (Å²) in [4.78, 5) is 13.7. The van der Waals surface area contributed by atoms with Crippen LogP contribution < -0.4 is 0 Å². The molecular weight excluding hydrogens is 233 g/mol. The topological polar surface area (TPSA) is 40.5 Å². The van der Waals surface area contributed by atoms with Crippen molar-refractivity contribution >= 4 is 5.91 Å². The first-order chi connectivity index (χ1) is 8.56. The maximum absolute atomic E-state index is 13.1.